The zero-order valence-corrected chi connectivity index (χ0v) is 11.1. The van der Waals surface area contributed by atoms with Gasteiger partial charge in [-0.3, -0.25) is 4.79 Å². The average molecular weight is 237 g/mol. The zero-order valence-electron chi connectivity index (χ0n) is 11.1. The van der Waals surface area contributed by atoms with Crippen LogP contribution in [0.5, 0.6) is 0 Å². The summed E-state index contributed by atoms with van der Waals surface area (Å²) in [6, 6.07) is 4.61. The van der Waals surface area contributed by atoms with Crippen molar-refractivity contribution in [2.45, 2.75) is 40.7 Å². The van der Waals surface area contributed by atoms with Crippen LogP contribution in [0.15, 0.2) is 18.2 Å². The molecule has 0 saturated carbocycles. The molecule has 1 atom stereocenters. The first-order chi connectivity index (χ1) is 7.71. The molecule has 0 aliphatic rings. The SMILES string of the molecule is Cc1ccc(C(=O)NC(C)C(C)(C)C)c(F)c1. The number of nitrogens with one attached hydrogen (secondary N) is 1. The minimum atomic E-state index is -0.469. The average Bonchev–Trinajstić information content (AvgIpc) is 2.15. The van der Waals surface area contributed by atoms with Gasteiger partial charge in [-0.25, -0.2) is 4.39 Å². The topological polar surface area (TPSA) is 29.1 Å². The first kappa shape index (κ1) is 13.7. The van der Waals surface area contributed by atoms with Crippen molar-refractivity contribution in [2.75, 3.05) is 0 Å². The number of carbonyl (C=O) groups excluding carboxylic acids is 1. The molecular formula is C14H20FNO. The molecule has 1 N–H and O–H groups in total. The highest BCUT2D eigenvalue weighted by molar-refractivity contribution is 5.94. The molecule has 0 saturated heterocycles. The van der Waals surface area contributed by atoms with Crippen LogP contribution < -0.4 is 5.32 Å². The lowest BCUT2D eigenvalue weighted by Crippen LogP contribution is -2.41. The Labute approximate surface area is 102 Å². The smallest absolute Gasteiger partial charge is 0.254 e. The van der Waals surface area contributed by atoms with E-state index in [4.69, 9.17) is 0 Å². The van der Waals surface area contributed by atoms with Crippen molar-refractivity contribution in [3.63, 3.8) is 0 Å². The lowest BCUT2D eigenvalue weighted by atomic mass is 9.88. The monoisotopic (exact) mass is 237 g/mol. The van der Waals surface area contributed by atoms with Gasteiger partial charge in [-0.2, -0.15) is 0 Å². The number of amides is 1. The van der Waals surface area contributed by atoms with Crippen LogP contribution >= 0.6 is 0 Å². The second-order valence-corrected chi connectivity index (χ2v) is 5.54. The zero-order chi connectivity index (χ0) is 13.2. The van der Waals surface area contributed by atoms with E-state index in [2.05, 4.69) is 5.32 Å². The van der Waals surface area contributed by atoms with Gasteiger partial charge in [0, 0.05) is 6.04 Å². The van der Waals surface area contributed by atoms with Crippen molar-refractivity contribution in [3.8, 4) is 0 Å². The predicted octanol–water partition coefficient (Wildman–Crippen LogP) is 3.30. The summed E-state index contributed by atoms with van der Waals surface area (Å²) in [7, 11) is 0. The molecule has 0 radical (unpaired) electrons. The maximum atomic E-state index is 13.6. The first-order valence-electron chi connectivity index (χ1n) is 5.79. The molecule has 0 heterocycles. The van der Waals surface area contributed by atoms with Crippen LogP contribution in [-0.2, 0) is 0 Å². The fourth-order valence-corrected chi connectivity index (χ4v) is 1.30. The Hall–Kier alpha value is -1.38. The summed E-state index contributed by atoms with van der Waals surface area (Å²) in [5.41, 5.74) is 0.867. The van der Waals surface area contributed by atoms with Gasteiger partial charge in [-0.1, -0.05) is 26.8 Å². The number of hydrogen-bond acceptors (Lipinski definition) is 1. The van der Waals surface area contributed by atoms with Crippen molar-refractivity contribution in [1.82, 2.24) is 5.32 Å². The van der Waals surface area contributed by atoms with Crippen molar-refractivity contribution < 1.29 is 9.18 Å². The van der Waals surface area contributed by atoms with Crippen LogP contribution in [0.4, 0.5) is 4.39 Å². The molecular weight excluding hydrogens is 217 g/mol. The van der Waals surface area contributed by atoms with Crippen LogP contribution in [0.3, 0.4) is 0 Å². The Morgan fingerprint density at radius 3 is 2.41 bits per heavy atom. The fourth-order valence-electron chi connectivity index (χ4n) is 1.30. The van der Waals surface area contributed by atoms with E-state index in [-0.39, 0.29) is 22.9 Å². The molecule has 0 spiro atoms. The molecule has 3 heteroatoms. The molecule has 1 unspecified atom stereocenters. The third-order valence-electron chi connectivity index (χ3n) is 3.02. The largest absolute Gasteiger partial charge is 0.349 e. The van der Waals surface area contributed by atoms with Gasteiger partial charge >= 0.3 is 0 Å². The Bertz CT molecular complexity index is 421. The molecule has 94 valence electrons. The minimum Gasteiger partial charge on any atom is -0.349 e. The number of halogens is 1. The third kappa shape index (κ3) is 3.55. The normalized spacial score (nSPS) is 13.3. The van der Waals surface area contributed by atoms with Crippen LogP contribution in [-0.4, -0.2) is 11.9 Å². The van der Waals surface area contributed by atoms with E-state index in [0.29, 0.717) is 0 Å². The van der Waals surface area contributed by atoms with E-state index in [1.807, 2.05) is 27.7 Å². The number of rotatable bonds is 2. The van der Waals surface area contributed by atoms with Gasteiger partial charge in [0.1, 0.15) is 5.82 Å². The second kappa shape index (κ2) is 4.86. The summed E-state index contributed by atoms with van der Waals surface area (Å²) in [6.07, 6.45) is 0. The quantitative estimate of drug-likeness (QED) is 0.840. The lowest BCUT2D eigenvalue weighted by Gasteiger charge is -2.28. The van der Waals surface area contributed by atoms with Crippen molar-refractivity contribution in [2.24, 2.45) is 5.41 Å². The predicted molar refractivity (Wildman–Crippen MR) is 67.5 cm³/mol. The molecule has 17 heavy (non-hydrogen) atoms. The third-order valence-corrected chi connectivity index (χ3v) is 3.02. The summed E-state index contributed by atoms with van der Waals surface area (Å²) >= 11 is 0. The van der Waals surface area contributed by atoms with E-state index in [1.165, 1.54) is 12.1 Å². The molecule has 1 aromatic carbocycles. The molecule has 0 bridgehead atoms. The van der Waals surface area contributed by atoms with E-state index >= 15 is 0 Å². The van der Waals surface area contributed by atoms with E-state index < -0.39 is 5.82 Å². The van der Waals surface area contributed by atoms with Gasteiger partial charge < -0.3 is 5.32 Å². The van der Waals surface area contributed by atoms with Gasteiger partial charge in [-0.15, -0.1) is 0 Å². The van der Waals surface area contributed by atoms with Gasteiger partial charge in [0.15, 0.2) is 0 Å². The molecule has 0 fully saturated rings. The van der Waals surface area contributed by atoms with Gasteiger partial charge in [0.2, 0.25) is 0 Å². The number of aryl methyl sites for hydroxylation is 1. The summed E-state index contributed by atoms with van der Waals surface area (Å²) in [5.74, 6) is -0.825. The minimum absolute atomic E-state index is 0.0179. The highest BCUT2D eigenvalue weighted by atomic mass is 19.1. The van der Waals surface area contributed by atoms with Crippen molar-refractivity contribution in [1.29, 1.82) is 0 Å². The van der Waals surface area contributed by atoms with E-state index in [0.717, 1.165) is 5.56 Å². The maximum Gasteiger partial charge on any atom is 0.254 e. The van der Waals surface area contributed by atoms with Crippen LogP contribution in [0.2, 0.25) is 0 Å². The standard InChI is InChI=1S/C14H20FNO/c1-9-6-7-11(12(15)8-9)13(17)16-10(2)14(3,4)5/h6-8,10H,1-5H3,(H,16,17). The Kier molecular flexibility index (Phi) is 3.91. The molecule has 2 nitrogen and oxygen atoms in total. The fraction of sp³-hybridized carbons (Fsp3) is 0.500. The summed E-state index contributed by atoms with van der Waals surface area (Å²) in [6.45, 7) is 9.81. The van der Waals surface area contributed by atoms with E-state index in [1.54, 1.807) is 13.0 Å². The first-order valence-corrected chi connectivity index (χ1v) is 5.79. The summed E-state index contributed by atoms with van der Waals surface area (Å²) in [5, 5.41) is 2.82. The lowest BCUT2D eigenvalue weighted by molar-refractivity contribution is 0.0906. The van der Waals surface area contributed by atoms with Gasteiger partial charge in [0.25, 0.3) is 5.91 Å². The van der Waals surface area contributed by atoms with Crippen LogP contribution in [0.25, 0.3) is 0 Å². The molecule has 0 aliphatic heterocycles. The van der Waals surface area contributed by atoms with E-state index in [9.17, 15) is 9.18 Å². The van der Waals surface area contributed by atoms with Crippen molar-refractivity contribution in [3.05, 3.63) is 35.1 Å². The molecule has 1 rings (SSSR count). The highest BCUT2D eigenvalue weighted by Gasteiger charge is 2.23. The molecule has 0 aliphatic carbocycles. The Morgan fingerprint density at radius 2 is 1.94 bits per heavy atom. The van der Waals surface area contributed by atoms with Gasteiger partial charge in [0.05, 0.1) is 5.56 Å². The Morgan fingerprint density at radius 1 is 1.35 bits per heavy atom. The van der Waals surface area contributed by atoms with Gasteiger partial charge in [-0.05, 0) is 37.0 Å². The Balaban J connectivity index is 2.84. The maximum absolute atomic E-state index is 13.6. The molecule has 1 amide bonds. The number of hydrogen-bond donors (Lipinski definition) is 1. The number of benzene rings is 1. The summed E-state index contributed by atoms with van der Waals surface area (Å²) < 4.78 is 13.6. The highest BCUT2D eigenvalue weighted by Crippen LogP contribution is 2.19. The van der Waals surface area contributed by atoms with Crippen LogP contribution in [0, 0.1) is 18.2 Å². The van der Waals surface area contributed by atoms with Crippen LogP contribution in [0.1, 0.15) is 43.6 Å². The summed E-state index contributed by atoms with van der Waals surface area (Å²) in [4.78, 5) is 11.9. The molecule has 0 aromatic heterocycles. The number of carbonyl (C=O) groups is 1. The van der Waals surface area contributed by atoms with Crippen molar-refractivity contribution >= 4 is 5.91 Å². The molecule has 1 aromatic rings. The second-order valence-electron chi connectivity index (χ2n) is 5.54.